The van der Waals surface area contributed by atoms with E-state index in [-0.39, 0.29) is 17.1 Å². The molecule has 7 nitrogen and oxygen atoms in total. The number of nitrogens with one attached hydrogen (secondary N) is 3. The van der Waals surface area contributed by atoms with Crippen LogP contribution in [0.25, 0.3) is 0 Å². The minimum atomic E-state index is -1.16. The number of hydrogen-bond donors (Lipinski definition) is 5. The Bertz CT molecular complexity index is 726. The van der Waals surface area contributed by atoms with Crippen LogP contribution in [0.4, 0.5) is 11.4 Å². The average Bonchev–Trinajstić information content (AvgIpc) is 2.48. The molecule has 0 radical (unpaired) electrons. The van der Waals surface area contributed by atoms with Crippen molar-refractivity contribution in [2.75, 3.05) is 10.6 Å². The number of carbonyl (C=O) groups is 2. The Labute approximate surface area is 126 Å². The summed E-state index contributed by atoms with van der Waals surface area (Å²) < 4.78 is 0. The van der Waals surface area contributed by atoms with Crippen LogP contribution in [-0.4, -0.2) is 22.9 Å². The summed E-state index contributed by atoms with van der Waals surface area (Å²) in [6, 6.07) is 12.5. The number of rotatable bonds is 4. The fraction of sp³-hybridized carbons (Fsp3) is 0. The van der Waals surface area contributed by atoms with Gasteiger partial charge in [0.2, 0.25) is 0 Å². The molecule has 0 aliphatic rings. The summed E-state index contributed by atoms with van der Waals surface area (Å²) in [5.74, 6) is -1.86. The minimum absolute atomic E-state index is 0.0603. The zero-order valence-corrected chi connectivity index (χ0v) is 11.5. The van der Waals surface area contributed by atoms with E-state index in [1.807, 2.05) is 0 Å². The Hall–Kier alpha value is -3.35. The van der Waals surface area contributed by atoms with E-state index >= 15 is 0 Å². The number of aromatic carboxylic acids is 1. The first-order valence-electron chi connectivity index (χ1n) is 6.32. The van der Waals surface area contributed by atoms with Crippen molar-refractivity contribution in [1.29, 1.82) is 5.41 Å². The fourth-order valence-electron chi connectivity index (χ4n) is 1.86. The molecule has 0 heterocycles. The van der Waals surface area contributed by atoms with E-state index in [1.165, 1.54) is 12.1 Å². The van der Waals surface area contributed by atoms with Crippen LogP contribution in [0, 0.1) is 5.41 Å². The maximum Gasteiger partial charge on any atom is 0.336 e. The van der Waals surface area contributed by atoms with Crippen molar-refractivity contribution in [1.82, 2.24) is 0 Å². The second-order valence-electron chi connectivity index (χ2n) is 4.42. The van der Waals surface area contributed by atoms with Gasteiger partial charge in [0.15, 0.2) is 5.96 Å². The minimum Gasteiger partial charge on any atom is -0.478 e. The molecular weight excluding hydrogens is 284 g/mol. The first-order valence-corrected chi connectivity index (χ1v) is 6.32. The fourth-order valence-corrected chi connectivity index (χ4v) is 1.86. The van der Waals surface area contributed by atoms with Crippen LogP contribution in [0.2, 0.25) is 0 Å². The lowest BCUT2D eigenvalue weighted by Crippen LogP contribution is -2.20. The van der Waals surface area contributed by atoms with Crippen molar-refractivity contribution in [2.45, 2.75) is 0 Å². The Morgan fingerprint density at radius 2 is 1.41 bits per heavy atom. The molecule has 0 unspecified atom stereocenters. The maximum absolute atomic E-state index is 12.2. The van der Waals surface area contributed by atoms with Crippen LogP contribution in [0.5, 0.6) is 0 Å². The number of guanidine groups is 1. The van der Waals surface area contributed by atoms with E-state index in [9.17, 15) is 9.59 Å². The lowest BCUT2D eigenvalue weighted by molar-refractivity contribution is 0.0692. The second kappa shape index (κ2) is 6.40. The normalized spacial score (nSPS) is 9.82. The van der Waals surface area contributed by atoms with E-state index in [2.05, 4.69) is 10.6 Å². The van der Waals surface area contributed by atoms with Crippen LogP contribution < -0.4 is 16.4 Å². The van der Waals surface area contributed by atoms with Gasteiger partial charge in [0.25, 0.3) is 5.91 Å². The summed E-state index contributed by atoms with van der Waals surface area (Å²) >= 11 is 0. The highest BCUT2D eigenvalue weighted by molar-refractivity contribution is 6.10. The summed E-state index contributed by atoms with van der Waals surface area (Å²) in [5, 5.41) is 21.4. The number of carbonyl (C=O) groups excluding carboxylic acids is 1. The highest BCUT2D eigenvalue weighted by Gasteiger charge is 2.15. The van der Waals surface area contributed by atoms with Gasteiger partial charge in [-0.2, -0.15) is 0 Å². The van der Waals surface area contributed by atoms with Crippen LogP contribution in [0.3, 0.4) is 0 Å². The van der Waals surface area contributed by atoms with Gasteiger partial charge in [0.1, 0.15) is 0 Å². The maximum atomic E-state index is 12.2. The van der Waals surface area contributed by atoms with Gasteiger partial charge in [-0.25, -0.2) is 4.79 Å². The zero-order chi connectivity index (χ0) is 16.1. The Kier molecular flexibility index (Phi) is 4.38. The summed E-state index contributed by atoms with van der Waals surface area (Å²) in [6.07, 6.45) is 0. The number of nitrogens with two attached hydrogens (primary N) is 1. The number of carboxylic acids is 1. The third-order valence-corrected chi connectivity index (χ3v) is 2.82. The van der Waals surface area contributed by atoms with Crippen molar-refractivity contribution in [3.8, 4) is 0 Å². The highest BCUT2D eigenvalue weighted by Crippen LogP contribution is 2.16. The average molecular weight is 298 g/mol. The molecule has 0 bridgehead atoms. The molecule has 0 aliphatic heterocycles. The molecule has 0 fully saturated rings. The lowest BCUT2D eigenvalue weighted by Gasteiger charge is -2.09. The Morgan fingerprint density at radius 1 is 0.909 bits per heavy atom. The van der Waals surface area contributed by atoms with Crippen LogP contribution in [0.15, 0.2) is 48.5 Å². The van der Waals surface area contributed by atoms with Crippen molar-refractivity contribution in [3.63, 3.8) is 0 Å². The van der Waals surface area contributed by atoms with E-state index in [1.54, 1.807) is 36.4 Å². The number of amides is 1. The molecule has 2 aromatic carbocycles. The van der Waals surface area contributed by atoms with Gasteiger partial charge in [0, 0.05) is 11.4 Å². The Morgan fingerprint density at radius 3 is 1.91 bits per heavy atom. The number of hydrogen-bond acceptors (Lipinski definition) is 3. The van der Waals surface area contributed by atoms with Crippen molar-refractivity contribution in [2.24, 2.45) is 5.73 Å². The Balaban J connectivity index is 2.15. The molecule has 112 valence electrons. The van der Waals surface area contributed by atoms with Crippen molar-refractivity contribution >= 4 is 29.2 Å². The van der Waals surface area contributed by atoms with Crippen molar-refractivity contribution in [3.05, 3.63) is 59.7 Å². The standard InChI is InChI=1S/C15H14N4O3/c16-15(17)19-10-7-5-9(6-8-10)18-13(20)11-3-1-2-4-12(11)14(21)22/h1-8H,(H,18,20)(H,21,22)(H4,16,17,19). The number of anilines is 2. The van der Waals surface area contributed by atoms with Gasteiger partial charge in [-0.05, 0) is 36.4 Å². The predicted molar refractivity (Wildman–Crippen MR) is 83.3 cm³/mol. The summed E-state index contributed by atoms with van der Waals surface area (Å²) in [7, 11) is 0. The molecule has 0 saturated heterocycles. The third-order valence-electron chi connectivity index (χ3n) is 2.82. The predicted octanol–water partition coefficient (Wildman–Crippen LogP) is 1.94. The topological polar surface area (TPSA) is 128 Å². The molecule has 0 spiro atoms. The number of carboxylic acid groups (broad SMARTS) is 1. The smallest absolute Gasteiger partial charge is 0.336 e. The molecule has 1 amide bonds. The third kappa shape index (κ3) is 3.60. The quantitative estimate of drug-likeness (QED) is 0.435. The summed E-state index contributed by atoms with van der Waals surface area (Å²) in [5.41, 5.74) is 6.34. The number of benzene rings is 2. The van der Waals surface area contributed by atoms with Gasteiger partial charge >= 0.3 is 5.97 Å². The molecule has 0 atom stereocenters. The first-order chi connectivity index (χ1) is 10.5. The molecule has 2 aromatic rings. The summed E-state index contributed by atoms with van der Waals surface area (Å²) in [6.45, 7) is 0. The molecule has 7 heteroatoms. The van der Waals surface area contributed by atoms with Gasteiger partial charge in [0.05, 0.1) is 11.1 Å². The van der Waals surface area contributed by atoms with Gasteiger partial charge in [-0.15, -0.1) is 0 Å². The van der Waals surface area contributed by atoms with Crippen molar-refractivity contribution < 1.29 is 14.7 Å². The molecule has 22 heavy (non-hydrogen) atoms. The SMILES string of the molecule is N=C(N)Nc1ccc(NC(=O)c2ccccc2C(=O)O)cc1. The van der Waals surface area contributed by atoms with E-state index in [0.717, 1.165) is 0 Å². The monoisotopic (exact) mass is 298 g/mol. The van der Waals surface area contributed by atoms with Crippen LogP contribution in [-0.2, 0) is 0 Å². The van der Waals surface area contributed by atoms with E-state index < -0.39 is 11.9 Å². The molecule has 6 N–H and O–H groups in total. The summed E-state index contributed by atoms with van der Waals surface area (Å²) in [4.78, 5) is 23.3. The second-order valence-corrected chi connectivity index (χ2v) is 4.42. The molecule has 2 rings (SSSR count). The first kappa shape index (κ1) is 15.0. The lowest BCUT2D eigenvalue weighted by atomic mass is 10.1. The van der Waals surface area contributed by atoms with Gasteiger partial charge in [-0.1, -0.05) is 12.1 Å². The molecule has 0 aromatic heterocycles. The molecular formula is C15H14N4O3. The van der Waals surface area contributed by atoms with Crippen LogP contribution >= 0.6 is 0 Å². The molecule has 0 aliphatic carbocycles. The van der Waals surface area contributed by atoms with Gasteiger partial charge < -0.3 is 21.5 Å². The largest absolute Gasteiger partial charge is 0.478 e. The highest BCUT2D eigenvalue weighted by atomic mass is 16.4. The van der Waals surface area contributed by atoms with Crippen LogP contribution in [0.1, 0.15) is 20.7 Å². The van der Waals surface area contributed by atoms with Gasteiger partial charge in [-0.3, -0.25) is 10.2 Å². The zero-order valence-electron chi connectivity index (χ0n) is 11.5. The van der Waals surface area contributed by atoms with E-state index in [0.29, 0.717) is 11.4 Å². The molecule has 0 saturated carbocycles. The van der Waals surface area contributed by atoms with E-state index in [4.69, 9.17) is 16.2 Å².